The quantitative estimate of drug-likeness (QED) is 0.0352. The Hall–Kier alpha value is -2.45. The number of rotatable bonds is 24. The van der Waals surface area contributed by atoms with Gasteiger partial charge in [0.15, 0.2) is 0 Å². The maximum Gasteiger partial charge on any atom is 0.407 e. The first-order valence-corrected chi connectivity index (χ1v) is 19.8. The van der Waals surface area contributed by atoms with Gasteiger partial charge in [-0.3, -0.25) is 14.3 Å². The topological polar surface area (TPSA) is 196 Å². The average molecular weight is 791 g/mol. The lowest BCUT2D eigenvalue weighted by Crippen LogP contribution is -2.42. The number of amides is 5. The standard InChI is InChI=1S/C33H58N8O8S3/c1-31(2,3)49-30(45)34-13-17-47-16-12-32(4,50)38-27(43)10-15-46-18-19-48-33(5,51)11-14-41-21-23(39-40-41)20-35-26(42)9-7-6-8-25-28-24(22-52-25)36-29(44)37-28/h21,24-25,28,50-51H,6-20,22H2,1-5H3,(H,34,45)(H,35,42)(H,38,43)(H2,36,37,44)/t24-,25-,28-,32?,33?/m0/s1. The van der Waals surface area contributed by atoms with Gasteiger partial charge >= 0.3 is 12.1 Å². The number of carbonyl (C=O) groups is 4. The number of aryl methyl sites for hydroxylation is 1. The number of aromatic nitrogens is 3. The van der Waals surface area contributed by atoms with Gasteiger partial charge in [-0.15, -0.1) is 17.7 Å². The van der Waals surface area contributed by atoms with E-state index in [9.17, 15) is 19.2 Å². The van der Waals surface area contributed by atoms with Crippen molar-refractivity contribution in [3.8, 4) is 0 Å². The molecule has 5 atom stereocenters. The van der Waals surface area contributed by atoms with Gasteiger partial charge in [-0.1, -0.05) is 11.6 Å². The fourth-order valence-corrected chi connectivity index (χ4v) is 7.35. The van der Waals surface area contributed by atoms with Gasteiger partial charge in [0.2, 0.25) is 11.8 Å². The number of nitrogens with zero attached hydrogens (tertiary/aromatic N) is 3. The van der Waals surface area contributed by atoms with E-state index in [0.29, 0.717) is 76.3 Å². The van der Waals surface area contributed by atoms with Crippen molar-refractivity contribution in [3.05, 3.63) is 11.9 Å². The Morgan fingerprint density at radius 2 is 1.73 bits per heavy atom. The monoisotopic (exact) mass is 790 g/mol. The minimum atomic E-state index is -0.763. The summed E-state index contributed by atoms with van der Waals surface area (Å²) in [7, 11) is 0. The fraction of sp³-hybridized carbons (Fsp3) is 0.818. The van der Waals surface area contributed by atoms with E-state index in [4.69, 9.17) is 18.9 Å². The van der Waals surface area contributed by atoms with E-state index in [-0.39, 0.29) is 43.0 Å². The van der Waals surface area contributed by atoms with Crippen molar-refractivity contribution >= 4 is 61.0 Å². The van der Waals surface area contributed by atoms with Gasteiger partial charge in [-0.2, -0.15) is 24.4 Å². The molecule has 2 aliphatic heterocycles. The maximum absolute atomic E-state index is 12.4. The van der Waals surface area contributed by atoms with E-state index in [0.717, 1.165) is 25.0 Å². The smallest absolute Gasteiger partial charge is 0.407 e. The summed E-state index contributed by atoms with van der Waals surface area (Å²) in [6.07, 6.45) is 5.65. The van der Waals surface area contributed by atoms with Crippen LogP contribution >= 0.6 is 37.0 Å². The van der Waals surface area contributed by atoms with Crippen LogP contribution < -0.4 is 26.6 Å². The molecule has 0 aliphatic carbocycles. The molecule has 1 aromatic heterocycles. The fourth-order valence-electron chi connectivity index (χ4n) is 5.40. The predicted octanol–water partition coefficient (Wildman–Crippen LogP) is 2.77. The minimum Gasteiger partial charge on any atom is -0.444 e. The summed E-state index contributed by atoms with van der Waals surface area (Å²) in [6, 6.07) is 0.334. The van der Waals surface area contributed by atoms with Crippen molar-refractivity contribution < 1.29 is 38.1 Å². The van der Waals surface area contributed by atoms with Crippen LogP contribution in [0.25, 0.3) is 0 Å². The first kappa shape index (κ1) is 44.0. The number of thioether (sulfide) groups is 1. The Kier molecular flexibility index (Phi) is 18.1. The molecule has 3 heterocycles. The zero-order chi connectivity index (χ0) is 38.2. The van der Waals surface area contributed by atoms with Crippen LogP contribution in [0.4, 0.5) is 9.59 Å². The molecular weight excluding hydrogens is 733 g/mol. The Morgan fingerprint density at radius 1 is 0.962 bits per heavy atom. The minimum absolute atomic E-state index is 0.0218. The van der Waals surface area contributed by atoms with E-state index in [1.54, 1.807) is 38.6 Å². The van der Waals surface area contributed by atoms with Gasteiger partial charge in [0, 0.05) is 56.4 Å². The third-order valence-corrected chi connectivity index (χ3v) is 10.3. The largest absolute Gasteiger partial charge is 0.444 e. The highest BCUT2D eigenvalue weighted by molar-refractivity contribution is 8.00. The van der Waals surface area contributed by atoms with Crippen LogP contribution in [0.3, 0.4) is 0 Å². The molecule has 0 aromatic carbocycles. The van der Waals surface area contributed by atoms with Crippen LogP contribution in [-0.4, -0.2) is 117 Å². The van der Waals surface area contributed by atoms with Crippen LogP contribution in [0, 0.1) is 0 Å². The summed E-state index contributed by atoms with van der Waals surface area (Å²) in [5.74, 6) is 0.723. The van der Waals surface area contributed by atoms with E-state index >= 15 is 0 Å². The number of urea groups is 1. The van der Waals surface area contributed by atoms with Gasteiger partial charge in [0.05, 0.1) is 56.1 Å². The SMILES string of the molecule is CC(S)(CCOCCNC(=O)OC(C)(C)C)NC(=O)CCOCCOC(C)(S)CCn1cc(CNC(=O)CCCC[C@@H]2SC[C@@H]3NC(=O)N[C@@H]32)nn1. The van der Waals surface area contributed by atoms with Gasteiger partial charge in [0.25, 0.3) is 0 Å². The Morgan fingerprint density at radius 3 is 2.50 bits per heavy atom. The summed E-state index contributed by atoms with van der Waals surface area (Å²) in [5, 5.41) is 23.1. The second-order valence-electron chi connectivity index (χ2n) is 14.4. The molecule has 2 fully saturated rings. The molecule has 16 nitrogen and oxygen atoms in total. The van der Waals surface area contributed by atoms with E-state index < -0.39 is 21.5 Å². The molecule has 0 spiro atoms. The lowest BCUT2D eigenvalue weighted by molar-refractivity contribution is -0.123. The molecule has 296 valence electrons. The van der Waals surface area contributed by atoms with Crippen LogP contribution in [0.1, 0.15) is 85.3 Å². The molecule has 1 aromatic rings. The number of carbonyl (C=O) groups excluding carboxylic acids is 4. The summed E-state index contributed by atoms with van der Waals surface area (Å²) in [6.45, 7) is 11.7. The summed E-state index contributed by atoms with van der Waals surface area (Å²) < 4.78 is 23.9. The number of thiol groups is 2. The molecule has 5 amide bonds. The molecule has 0 bridgehead atoms. The Labute approximate surface area is 322 Å². The molecule has 19 heteroatoms. The third-order valence-electron chi connectivity index (χ3n) is 8.11. The molecule has 52 heavy (non-hydrogen) atoms. The average Bonchev–Trinajstić information content (AvgIpc) is 3.76. The van der Waals surface area contributed by atoms with Crippen molar-refractivity contribution in [1.82, 2.24) is 41.6 Å². The number of fused-ring (bicyclic) bond motifs is 1. The van der Waals surface area contributed by atoms with Gasteiger partial charge in [0.1, 0.15) is 16.2 Å². The molecule has 5 N–H and O–H groups in total. The summed E-state index contributed by atoms with van der Waals surface area (Å²) in [4.78, 5) is 46.4. The number of hydrogen-bond acceptors (Lipinski definition) is 13. The van der Waals surface area contributed by atoms with Gasteiger partial charge < -0.3 is 45.5 Å². The Bertz CT molecular complexity index is 1300. The summed E-state index contributed by atoms with van der Waals surface area (Å²) in [5.41, 5.74) is 0.111. The van der Waals surface area contributed by atoms with Crippen molar-refractivity contribution in [1.29, 1.82) is 0 Å². The lowest BCUT2D eigenvalue weighted by atomic mass is 10.0. The van der Waals surface area contributed by atoms with Crippen LogP contribution in [0.2, 0.25) is 0 Å². The highest BCUT2D eigenvalue weighted by atomic mass is 32.2. The third kappa shape index (κ3) is 18.1. The molecule has 3 rings (SSSR count). The van der Waals surface area contributed by atoms with Crippen LogP contribution in [0.15, 0.2) is 6.20 Å². The highest BCUT2D eigenvalue weighted by Crippen LogP contribution is 2.33. The second kappa shape index (κ2) is 21.4. The van der Waals surface area contributed by atoms with Crippen molar-refractivity contribution in [3.63, 3.8) is 0 Å². The molecule has 0 saturated carbocycles. The van der Waals surface area contributed by atoms with Crippen LogP contribution in [-0.2, 0) is 41.6 Å². The maximum atomic E-state index is 12.4. The lowest BCUT2D eigenvalue weighted by Gasteiger charge is -2.25. The molecule has 2 unspecified atom stereocenters. The van der Waals surface area contributed by atoms with Crippen molar-refractivity contribution in [2.75, 3.05) is 45.3 Å². The van der Waals surface area contributed by atoms with E-state index in [2.05, 4.69) is 62.2 Å². The summed E-state index contributed by atoms with van der Waals surface area (Å²) >= 11 is 11.0. The highest BCUT2D eigenvalue weighted by Gasteiger charge is 2.42. The number of ether oxygens (including phenoxy) is 4. The first-order chi connectivity index (χ1) is 24.5. The zero-order valence-corrected chi connectivity index (χ0v) is 33.6. The molecule has 2 aliphatic rings. The molecule has 0 radical (unpaired) electrons. The van der Waals surface area contributed by atoms with Crippen molar-refractivity contribution in [2.45, 2.75) is 125 Å². The van der Waals surface area contributed by atoms with Gasteiger partial charge in [-0.25, -0.2) is 9.59 Å². The number of unbranched alkanes of at least 4 members (excludes halogenated alkanes) is 1. The zero-order valence-electron chi connectivity index (χ0n) is 31.0. The second-order valence-corrected chi connectivity index (χ2v) is 17.6. The molecule has 2 saturated heterocycles. The van der Waals surface area contributed by atoms with Gasteiger partial charge in [-0.05, 0) is 47.5 Å². The van der Waals surface area contributed by atoms with Crippen LogP contribution in [0.5, 0.6) is 0 Å². The first-order valence-electron chi connectivity index (χ1n) is 17.9. The van der Waals surface area contributed by atoms with E-state index in [1.807, 2.05) is 18.7 Å². The normalized spacial score (nSPS) is 20.6. The van der Waals surface area contributed by atoms with Crippen molar-refractivity contribution in [2.24, 2.45) is 0 Å². The number of alkyl carbamates (subject to hydrolysis) is 1. The predicted molar refractivity (Wildman–Crippen MR) is 204 cm³/mol. The Balaban J connectivity index is 1.16. The number of hydrogen-bond donors (Lipinski definition) is 7. The van der Waals surface area contributed by atoms with E-state index in [1.165, 1.54) is 0 Å². The molecular formula is C33H58N8O8S3. The number of nitrogens with one attached hydrogen (secondary N) is 5.